The number of hydrogen-bond acceptors (Lipinski definition) is 5. The number of fused-ring (bicyclic) bond motifs is 1. The van der Waals surface area contributed by atoms with Crippen LogP contribution in [0.1, 0.15) is 53.5 Å². The molecule has 36 heavy (non-hydrogen) atoms. The van der Waals surface area contributed by atoms with Crippen molar-refractivity contribution in [3.63, 3.8) is 0 Å². The molecule has 1 unspecified atom stereocenters. The Hall–Kier alpha value is -3.65. The molecular weight excluding hydrogens is 455 g/mol. The van der Waals surface area contributed by atoms with Crippen LogP contribution in [0.4, 0.5) is 4.39 Å². The number of rotatable bonds is 6. The molecule has 0 bridgehead atoms. The highest BCUT2D eigenvalue weighted by molar-refractivity contribution is 5.94. The van der Waals surface area contributed by atoms with Crippen molar-refractivity contribution in [2.75, 3.05) is 27.2 Å². The van der Waals surface area contributed by atoms with Gasteiger partial charge in [-0.15, -0.1) is 0 Å². The number of benzene rings is 1. The van der Waals surface area contributed by atoms with Gasteiger partial charge in [0.2, 0.25) is 0 Å². The molecule has 4 heterocycles. The molecule has 4 aromatic rings. The number of carbonyl (C=O) groups excluding carboxylic acids is 1. The molecule has 0 radical (unpaired) electrons. The van der Waals surface area contributed by atoms with E-state index in [4.69, 9.17) is 4.98 Å². The topological polar surface area (TPSA) is 66.6 Å². The monoisotopic (exact) mass is 486 g/mol. The minimum Gasteiger partial charge on any atom is -0.337 e. The summed E-state index contributed by atoms with van der Waals surface area (Å²) in [5, 5.41) is 4.43. The summed E-state index contributed by atoms with van der Waals surface area (Å²) in [6, 6.07) is 11.0. The van der Waals surface area contributed by atoms with Crippen LogP contribution in [0.5, 0.6) is 0 Å². The summed E-state index contributed by atoms with van der Waals surface area (Å²) in [5.41, 5.74) is 4.79. The highest BCUT2D eigenvalue weighted by atomic mass is 19.1. The Morgan fingerprint density at radius 1 is 1.19 bits per heavy atom. The lowest BCUT2D eigenvalue weighted by Gasteiger charge is -2.20. The number of pyridine rings is 1. The van der Waals surface area contributed by atoms with Crippen LogP contribution in [0, 0.1) is 5.82 Å². The number of hydrogen-bond donors (Lipinski definition) is 0. The smallest absolute Gasteiger partial charge is 0.254 e. The zero-order valence-electron chi connectivity index (χ0n) is 21.1. The highest BCUT2D eigenvalue weighted by Gasteiger charge is 2.28. The van der Waals surface area contributed by atoms with Gasteiger partial charge in [0.15, 0.2) is 0 Å². The van der Waals surface area contributed by atoms with Crippen LogP contribution in [0.25, 0.3) is 16.8 Å². The summed E-state index contributed by atoms with van der Waals surface area (Å²) in [4.78, 5) is 25.9. The lowest BCUT2D eigenvalue weighted by Crippen LogP contribution is -2.34. The molecule has 186 valence electrons. The molecule has 0 saturated carbocycles. The normalized spacial score (nSPS) is 16.0. The van der Waals surface area contributed by atoms with Crippen LogP contribution in [0.3, 0.4) is 0 Å². The van der Waals surface area contributed by atoms with Crippen molar-refractivity contribution in [1.29, 1.82) is 0 Å². The first-order valence-electron chi connectivity index (χ1n) is 12.3. The van der Waals surface area contributed by atoms with E-state index in [2.05, 4.69) is 34.9 Å². The second kappa shape index (κ2) is 9.78. The molecule has 3 aromatic heterocycles. The first-order valence-corrected chi connectivity index (χ1v) is 12.3. The number of carbonyl (C=O) groups is 1. The summed E-state index contributed by atoms with van der Waals surface area (Å²) < 4.78 is 16.9. The predicted molar refractivity (Wildman–Crippen MR) is 138 cm³/mol. The quantitative estimate of drug-likeness (QED) is 0.404. The molecule has 1 aliphatic rings. The van der Waals surface area contributed by atoms with E-state index in [1.54, 1.807) is 23.2 Å². The summed E-state index contributed by atoms with van der Waals surface area (Å²) >= 11 is 0. The van der Waals surface area contributed by atoms with E-state index >= 15 is 4.39 Å². The van der Waals surface area contributed by atoms with E-state index in [1.807, 2.05) is 43.1 Å². The second-order valence-electron chi connectivity index (χ2n) is 10.00. The average molecular weight is 487 g/mol. The summed E-state index contributed by atoms with van der Waals surface area (Å²) in [6.45, 7) is 5.64. The molecule has 0 aliphatic carbocycles. The molecule has 1 aromatic carbocycles. The molecule has 1 amide bonds. The van der Waals surface area contributed by atoms with Crippen LogP contribution in [0.2, 0.25) is 0 Å². The fourth-order valence-corrected chi connectivity index (χ4v) is 4.77. The molecule has 1 aliphatic heterocycles. The third-order valence-electron chi connectivity index (χ3n) is 7.00. The van der Waals surface area contributed by atoms with E-state index in [-0.39, 0.29) is 12.3 Å². The number of amides is 1. The van der Waals surface area contributed by atoms with Gasteiger partial charge in [-0.2, -0.15) is 5.10 Å². The third-order valence-corrected chi connectivity index (χ3v) is 7.00. The van der Waals surface area contributed by atoms with Crippen LogP contribution >= 0.6 is 0 Å². The second-order valence-corrected chi connectivity index (χ2v) is 10.00. The van der Waals surface area contributed by atoms with Gasteiger partial charge in [0.05, 0.1) is 17.4 Å². The van der Waals surface area contributed by atoms with Gasteiger partial charge in [0, 0.05) is 54.6 Å². The van der Waals surface area contributed by atoms with Gasteiger partial charge in [-0.1, -0.05) is 19.9 Å². The Labute approximate surface area is 210 Å². The Morgan fingerprint density at radius 2 is 2.03 bits per heavy atom. The first kappa shape index (κ1) is 24.1. The highest BCUT2D eigenvalue weighted by Crippen LogP contribution is 2.25. The lowest BCUT2D eigenvalue weighted by molar-refractivity contribution is 0.0782. The molecular formula is C28H31FN6O. The van der Waals surface area contributed by atoms with E-state index in [0.717, 1.165) is 23.2 Å². The van der Waals surface area contributed by atoms with E-state index < -0.39 is 5.82 Å². The molecule has 5 rings (SSSR count). The number of nitrogens with zero attached hydrogens (tertiary/aromatic N) is 6. The maximum absolute atomic E-state index is 15.0. The summed E-state index contributed by atoms with van der Waals surface area (Å²) in [7, 11) is 4.03. The van der Waals surface area contributed by atoms with Gasteiger partial charge >= 0.3 is 0 Å². The largest absolute Gasteiger partial charge is 0.337 e. The van der Waals surface area contributed by atoms with Crippen molar-refractivity contribution in [2.45, 2.75) is 38.6 Å². The lowest BCUT2D eigenvalue weighted by atomic mass is 10.0. The Balaban J connectivity index is 1.34. The minimum absolute atomic E-state index is 0.126. The molecule has 0 N–H and O–H groups in total. The van der Waals surface area contributed by atoms with Gasteiger partial charge < -0.3 is 9.80 Å². The van der Waals surface area contributed by atoms with E-state index in [1.165, 1.54) is 11.6 Å². The van der Waals surface area contributed by atoms with Gasteiger partial charge in [0.25, 0.3) is 5.91 Å². The van der Waals surface area contributed by atoms with Crippen LogP contribution < -0.4 is 0 Å². The maximum atomic E-state index is 15.0. The molecule has 1 fully saturated rings. The van der Waals surface area contributed by atoms with Crippen LogP contribution in [-0.2, 0) is 6.42 Å². The minimum atomic E-state index is -0.416. The third kappa shape index (κ3) is 4.73. The Bertz CT molecular complexity index is 1410. The zero-order valence-corrected chi connectivity index (χ0v) is 21.1. The zero-order chi connectivity index (χ0) is 25.4. The van der Waals surface area contributed by atoms with Gasteiger partial charge in [-0.05, 0) is 62.3 Å². The molecule has 1 saturated heterocycles. The molecule has 1 atom stereocenters. The fourth-order valence-electron chi connectivity index (χ4n) is 4.77. The molecule has 0 spiro atoms. The maximum Gasteiger partial charge on any atom is 0.254 e. The van der Waals surface area contributed by atoms with Crippen molar-refractivity contribution in [1.82, 2.24) is 29.4 Å². The number of likely N-dealkylation sites (N-methyl/N-ethyl adjacent to an activating group) is 1. The van der Waals surface area contributed by atoms with Crippen molar-refractivity contribution < 1.29 is 9.18 Å². The van der Waals surface area contributed by atoms with Crippen molar-refractivity contribution >= 4 is 11.4 Å². The predicted octanol–water partition coefficient (Wildman–Crippen LogP) is 4.42. The summed E-state index contributed by atoms with van der Waals surface area (Å²) in [5.74, 6) is 0.340. The average Bonchev–Trinajstić information content (AvgIpc) is 3.52. The summed E-state index contributed by atoms with van der Waals surface area (Å²) in [6.07, 6.45) is 6.70. The van der Waals surface area contributed by atoms with Crippen molar-refractivity contribution in [3.8, 4) is 11.3 Å². The number of aromatic nitrogens is 4. The van der Waals surface area contributed by atoms with E-state index in [0.29, 0.717) is 42.0 Å². The van der Waals surface area contributed by atoms with E-state index in [9.17, 15) is 4.79 Å². The first-order chi connectivity index (χ1) is 17.3. The SMILES string of the molecule is CC(C)c1cnn2ccc(-c3ccnc(Cc4ccc(C(=O)N5CCC(N(C)C)C5)cc4F)n3)cc12. The fraction of sp³-hybridized carbons (Fsp3) is 0.357. The molecule has 7 nitrogen and oxygen atoms in total. The van der Waals surface area contributed by atoms with Crippen LogP contribution in [0.15, 0.2) is 55.0 Å². The molecule has 8 heteroatoms. The van der Waals surface area contributed by atoms with Gasteiger partial charge in [-0.3, -0.25) is 4.79 Å². The number of likely N-dealkylation sites (tertiary alicyclic amines) is 1. The Morgan fingerprint density at radius 3 is 2.75 bits per heavy atom. The van der Waals surface area contributed by atoms with Gasteiger partial charge in [-0.25, -0.2) is 18.9 Å². The van der Waals surface area contributed by atoms with Crippen LogP contribution in [-0.4, -0.2) is 68.5 Å². The Kier molecular flexibility index (Phi) is 6.53. The standard InChI is InChI=1S/C28H31FN6O/c1-18(2)23-16-31-35-12-8-20(14-26(23)35)25-7-10-30-27(32-25)15-19-5-6-21(13-24(19)29)28(36)34-11-9-22(17-34)33(3)4/h5-8,10,12-14,16,18,22H,9,11,15,17H2,1-4H3. The van der Waals surface area contributed by atoms with Gasteiger partial charge in [0.1, 0.15) is 11.6 Å². The number of halogens is 1. The van der Waals surface area contributed by atoms with Crippen molar-refractivity contribution in [3.05, 3.63) is 83.3 Å². The van der Waals surface area contributed by atoms with Crippen molar-refractivity contribution in [2.24, 2.45) is 0 Å².